The minimum absolute atomic E-state index is 0.0416. The van der Waals surface area contributed by atoms with Crippen molar-refractivity contribution in [2.45, 2.75) is 50.7 Å². The van der Waals surface area contributed by atoms with Crippen LogP contribution < -0.4 is 19.5 Å². The van der Waals surface area contributed by atoms with E-state index in [2.05, 4.69) is 11.4 Å². The normalized spacial score (nSPS) is 18.8. The number of carbonyl (C=O) groups is 1. The number of rotatable bonds is 3. The Kier molecular flexibility index (Phi) is 3.96. The standard InChI is InChI=1S/C22H23NO4/c24-21(13-15-4-6-18-16(12-15)8-11-25-18)23-17-5-7-19-20(14-17)27-22(26-19)9-2-1-3-10-22/h4-7,12,14H,1-3,8-11,13H2,(H,23,24). The van der Waals surface area contributed by atoms with Crippen LogP contribution in [0.4, 0.5) is 5.69 Å². The molecule has 0 radical (unpaired) electrons. The molecule has 5 heteroatoms. The Hall–Kier alpha value is -2.69. The van der Waals surface area contributed by atoms with E-state index in [1.54, 1.807) is 0 Å². The Bertz CT molecular complexity index is 886. The van der Waals surface area contributed by atoms with Gasteiger partial charge in [0.1, 0.15) is 5.75 Å². The van der Waals surface area contributed by atoms with Crippen molar-refractivity contribution in [3.8, 4) is 17.2 Å². The monoisotopic (exact) mass is 365 g/mol. The maximum absolute atomic E-state index is 12.5. The van der Waals surface area contributed by atoms with Gasteiger partial charge in [-0.3, -0.25) is 4.79 Å². The first-order valence-corrected chi connectivity index (χ1v) is 9.76. The number of hydrogen-bond donors (Lipinski definition) is 1. The fraction of sp³-hybridized carbons (Fsp3) is 0.409. The quantitative estimate of drug-likeness (QED) is 0.884. The zero-order chi connectivity index (χ0) is 18.3. The van der Waals surface area contributed by atoms with Gasteiger partial charge < -0.3 is 19.5 Å². The Morgan fingerprint density at radius 3 is 2.67 bits per heavy atom. The highest BCUT2D eigenvalue weighted by molar-refractivity contribution is 5.92. The minimum atomic E-state index is -0.490. The number of carbonyl (C=O) groups excluding carboxylic acids is 1. The molecule has 1 spiro atoms. The molecule has 2 aliphatic heterocycles. The summed E-state index contributed by atoms with van der Waals surface area (Å²) in [5, 5.41) is 2.97. The van der Waals surface area contributed by atoms with Crippen LogP contribution in [-0.2, 0) is 17.6 Å². The molecule has 3 aliphatic rings. The zero-order valence-corrected chi connectivity index (χ0v) is 15.3. The smallest absolute Gasteiger partial charge is 0.251 e. The van der Waals surface area contributed by atoms with Gasteiger partial charge in [-0.25, -0.2) is 0 Å². The summed E-state index contributed by atoms with van der Waals surface area (Å²) in [6, 6.07) is 11.6. The summed E-state index contributed by atoms with van der Waals surface area (Å²) in [5.74, 6) is 1.90. The van der Waals surface area contributed by atoms with Crippen LogP contribution in [0.5, 0.6) is 17.2 Å². The summed E-state index contributed by atoms with van der Waals surface area (Å²) in [7, 11) is 0. The molecule has 0 atom stereocenters. The first-order valence-electron chi connectivity index (χ1n) is 9.76. The van der Waals surface area contributed by atoms with E-state index in [-0.39, 0.29) is 5.91 Å². The molecule has 1 fully saturated rings. The van der Waals surface area contributed by atoms with Crippen LogP contribution in [0, 0.1) is 0 Å². The summed E-state index contributed by atoms with van der Waals surface area (Å²) in [6.45, 7) is 0.726. The van der Waals surface area contributed by atoms with E-state index in [0.717, 1.165) is 67.2 Å². The van der Waals surface area contributed by atoms with E-state index in [1.165, 1.54) is 12.0 Å². The molecule has 1 aliphatic carbocycles. The average molecular weight is 365 g/mol. The largest absolute Gasteiger partial charge is 0.493 e. The van der Waals surface area contributed by atoms with Crippen LogP contribution in [0.3, 0.4) is 0 Å². The van der Waals surface area contributed by atoms with Gasteiger partial charge in [0.2, 0.25) is 5.91 Å². The van der Waals surface area contributed by atoms with Crippen molar-refractivity contribution in [2.75, 3.05) is 11.9 Å². The third-order valence-corrected chi connectivity index (χ3v) is 5.55. The Labute approximate surface area is 158 Å². The number of fused-ring (bicyclic) bond motifs is 2. The van der Waals surface area contributed by atoms with E-state index in [1.807, 2.05) is 30.3 Å². The topological polar surface area (TPSA) is 56.8 Å². The Balaban J connectivity index is 1.25. The fourth-order valence-electron chi connectivity index (χ4n) is 4.21. The molecule has 0 bridgehead atoms. The number of hydrogen-bond acceptors (Lipinski definition) is 4. The van der Waals surface area contributed by atoms with Crippen molar-refractivity contribution < 1.29 is 19.0 Å². The third kappa shape index (κ3) is 3.22. The summed E-state index contributed by atoms with van der Waals surface area (Å²) < 4.78 is 17.7. The van der Waals surface area contributed by atoms with Crippen LogP contribution in [0.25, 0.3) is 0 Å². The van der Waals surface area contributed by atoms with Crippen LogP contribution in [0.15, 0.2) is 36.4 Å². The van der Waals surface area contributed by atoms with Crippen molar-refractivity contribution >= 4 is 11.6 Å². The lowest BCUT2D eigenvalue weighted by Gasteiger charge is -2.31. The highest BCUT2D eigenvalue weighted by Crippen LogP contribution is 2.46. The second-order valence-corrected chi connectivity index (χ2v) is 7.60. The predicted octanol–water partition coefficient (Wildman–Crippen LogP) is 4.23. The van der Waals surface area contributed by atoms with Gasteiger partial charge in [0, 0.05) is 31.0 Å². The first kappa shape index (κ1) is 16.5. The summed E-state index contributed by atoms with van der Waals surface area (Å²) in [4.78, 5) is 12.5. The van der Waals surface area contributed by atoms with Gasteiger partial charge in [0.05, 0.1) is 13.0 Å². The van der Waals surface area contributed by atoms with E-state index in [9.17, 15) is 4.79 Å². The van der Waals surface area contributed by atoms with Gasteiger partial charge in [0.15, 0.2) is 11.5 Å². The molecule has 5 rings (SSSR count). The maximum Gasteiger partial charge on any atom is 0.251 e. The second-order valence-electron chi connectivity index (χ2n) is 7.60. The van der Waals surface area contributed by atoms with Gasteiger partial charge in [-0.1, -0.05) is 18.6 Å². The first-order chi connectivity index (χ1) is 13.2. The van der Waals surface area contributed by atoms with Gasteiger partial charge >= 0.3 is 0 Å². The van der Waals surface area contributed by atoms with Crippen molar-refractivity contribution in [3.05, 3.63) is 47.5 Å². The summed E-state index contributed by atoms with van der Waals surface area (Å²) in [6.07, 6.45) is 6.59. The molecule has 5 nitrogen and oxygen atoms in total. The van der Waals surface area contributed by atoms with Crippen LogP contribution in [0.1, 0.15) is 43.2 Å². The van der Waals surface area contributed by atoms with Crippen LogP contribution in [0.2, 0.25) is 0 Å². The van der Waals surface area contributed by atoms with Crippen molar-refractivity contribution in [2.24, 2.45) is 0 Å². The van der Waals surface area contributed by atoms with E-state index in [0.29, 0.717) is 6.42 Å². The number of nitrogens with one attached hydrogen (secondary N) is 1. The minimum Gasteiger partial charge on any atom is -0.493 e. The number of anilines is 1. The lowest BCUT2D eigenvalue weighted by molar-refractivity contribution is -0.115. The Morgan fingerprint density at radius 1 is 0.963 bits per heavy atom. The highest BCUT2D eigenvalue weighted by Gasteiger charge is 2.42. The average Bonchev–Trinajstić information content (AvgIpc) is 3.25. The highest BCUT2D eigenvalue weighted by atomic mass is 16.7. The van der Waals surface area contributed by atoms with E-state index < -0.39 is 5.79 Å². The van der Waals surface area contributed by atoms with Crippen molar-refractivity contribution in [3.63, 3.8) is 0 Å². The zero-order valence-electron chi connectivity index (χ0n) is 15.3. The lowest BCUT2D eigenvalue weighted by Crippen LogP contribution is -2.40. The molecular formula is C22H23NO4. The number of benzene rings is 2. The molecule has 0 unspecified atom stereocenters. The van der Waals surface area contributed by atoms with Crippen LogP contribution in [-0.4, -0.2) is 18.3 Å². The number of ether oxygens (including phenoxy) is 3. The molecular weight excluding hydrogens is 342 g/mol. The molecule has 2 aromatic carbocycles. The molecule has 2 aromatic rings. The second kappa shape index (κ2) is 6.48. The van der Waals surface area contributed by atoms with E-state index in [4.69, 9.17) is 14.2 Å². The molecule has 1 N–H and O–H groups in total. The van der Waals surface area contributed by atoms with Gasteiger partial charge in [-0.2, -0.15) is 0 Å². The third-order valence-electron chi connectivity index (χ3n) is 5.55. The Morgan fingerprint density at radius 2 is 1.78 bits per heavy atom. The molecule has 1 saturated carbocycles. The predicted molar refractivity (Wildman–Crippen MR) is 101 cm³/mol. The lowest BCUT2D eigenvalue weighted by atomic mass is 9.94. The van der Waals surface area contributed by atoms with E-state index >= 15 is 0 Å². The van der Waals surface area contributed by atoms with Crippen molar-refractivity contribution in [1.29, 1.82) is 0 Å². The van der Waals surface area contributed by atoms with Gasteiger partial charge in [-0.05, 0) is 42.2 Å². The molecule has 2 heterocycles. The molecule has 27 heavy (non-hydrogen) atoms. The summed E-state index contributed by atoms with van der Waals surface area (Å²) >= 11 is 0. The molecule has 140 valence electrons. The number of amides is 1. The molecule has 1 amide bonds. The van der Waals surface area contributed by atoms with Gasteiger partial charge in [-0.15, -0.1) is 0 Å². The SMILES string of the molecule is O=C(Cc1ccc2c(c1)CCO2)Nc1ccc2c(c1)OC1(CCCCC1)O2. The van der Waals surface area contributed by atoms with Crippen LogP contribution >= 0.6 is 0 Å². The molecule has 0 aromatic heterocycles. The maximum atomic E-state index is 12.5. The fourth-order valence-corrected chi connectivity index (χ4v) is 4.21. The summed E-state index contributed by atoms with van der Waals surface area (Å²) in [5.41, 5.74) is 2.92. The van der Waals surface area contributed by atoms with Crippen molar-refractivity contribution in [1.82, 2.24) is 0 Å². The molecule has 0 saturated heterocycles. The van der Waals surface area contributed by atoms with Gasteiger partial charge in [0.25, 0.3) is 5.79 Å².